The second-order valence-corrected chi connectivity index (χ2v) is 6.28. The highest BCUT2D eigenvalue weighted by Gasteiger charge is 2.13. The van der Waals surface area contributed by atoms with Crippen LogP contribution in [-0.2, 0) is 14.3 Å². The number of aryl methyl sites for hydroxylation is 2. The van der Waals surface area contributed by atoms with Gasteiger partial charge in [-0.25, -0.2) is 0 Å². The number of rotatable bonds is 8. The Kier molecular flexibility index (Phi) is 7.59. The van der Waals surface area contributed by atoms with Crippen LogP contribution >= 0.6 is 0 Å². The molecule has 0 spiro atoms. The molecule has 0 aliphatic carbocycles. The first-order valence-electron chi connectivity index (χ1n) is 8.87. The van der Waals surface area contributed by atoms with Crippen LogP contribution in [0.1, 0.15) is 21.5 Å². The van der Waals surface area contributed by atoms with Crippen molar-refractivity contribution in [3.8, 4) is 11.5 Å². The summed E-state index contributed by atoms with van der Waals surface area (Å²) in [6.07, 6.45) is 0. The Hall–Kier alpha value is -3.55. The van der Waals surface area contributed by atoms with Gasteiger partial charge in [-0.2, -0.15) is 0 Å². The standard InChI is InChI=1S/C21H24N2O6/c1-13-5-7-16(14(2)9-13)23-19(24)12-29-20(25)11-22-21(26)15-6-8-17(27-3)18(10-15)28-4/h5-10H,11-12H2,1-4H3,(H,22,26)(H,23,24). The van der Waals surface area contributed by atoms with E-state index in [2.05, 4.69) is 10.6 Å². The molecule has 0 atom stereocenters. The van der Waals surface area contributed by atoms with E-state index in [1.807, 2.05) is 26.0 Å². The number of anilines is 1. The van der Waals surface area contributed by atoms with Crippen molar-refractivity contribution in [2.75, 3.05) is 32.7 Å². The minimum absolute atomic E-state index is 0.294. The van der Waals surface area contributed by atoms with Crippen molar-refractivity contribution in [2.45, 2.75) is 13.8 Å². The van der Waals surface area contributed by atoms with E-state index < -0.39 is 24.4 Å². The number of nitrogens with one attached hydrogen (secondary N) is 2. The van der Waals surface area contributed by atoms with E-state index >= 15 is 0 Å². The summed E-state index contributed by atoms with van der Waals surface area (Å²) < 4.78 is 15.1. The van der Waals surface area contributed by atoms with Crippen molar-refractivity contribution in [1.29, 1.82) is 0 Å². The Balaban J connectivity index is 1.80. The molecule has 0 saturated heterocycles. The molecule has 8 nitrogen and oxygen atoms in total. The molecule has 2 amide bonds. The number of hydrogen-bond acceptors (Lipinski definition) is 6. The summed E-state index contributed by atoms with van der Waals surface area (Å²) in [5, 5.41) is 5.11. The van der Waals surface area contributed by atoms with E-state index in [0.717, 1.165) is 11.1 Å². The minimum atomic E-state index is -0.727. The van der Waals surface area contributed by atoms with E-state index in [4.69, 9.17) is 14.2 Å². The van der Waals surface area contributed by atoms with Crippen LogP contribution in [0, 0.1) is 13.8 Å². The highest BCUT2D eigenvalue weighted by molar-refractivity contribution is 5.97. The Morgan fingerprint density at radius 3 is 2.31 bits per heavy atom. The largest absolute Gasteiger partial charge is 0.493 e. The fourth-order valence-electron chi connectivity index (χ4n) is 2.57. The molecule has 0 aliphatic rings. The first kappa shape index (κ1) is 21.7. The second kappa shape index (κ2) is 10.1. The number of carbonyl (C=O) groups excluding carboxylic acids is 3. The Labute approximate surface area is 169 Å². The van der Waals surface area contributed by atoms with Crippen LogP contribution in [-0.4, -0.2) is 45.2 Å². The molecule has 2 aromatic rings. The van der Waals surface area contributed by atoms with Gasteiger partial charge in [0.1, 0.15) is 6.54 Å². The normalized spacial score (nSPS) is 10.1. The van der Waals surface area contributed by atoms with Gasteiger partial charge < -0.3 is 24.8 Å². The summed E-state index contributed by atoms with van der Waals surface area (Å²) in [4.78, 5) is 35.9. The molecule has 0 bridgehead atoms. The third-order valence-electron chi connectivity index (χ3n) is 4.06. The molecule has 29 heavy (non-hydrogen) atoms. The fraction of sp³-hybridized carbons (Fsp3) is 0.286. The molecule has 0 radical (unpaired) electrons. The summed E-state index contributed by atoms with van der Waals surface area (Å²) >= 11 is 0. The molecule has 2 N–H and O–H groups in total. The molecule has 0 unspecified atom stereocenters. The lowest BCUT2D eigenvalue weighted by Crippen LogP contribution is -2.32. The van der Waals surface area contributed by atoms with Gasteiger partial charge in [-0.1, -0.05) is 17.7 Å². The van der Waals surface area contributed by atoms with Crippen LogP contribution in [0.2, 0.25) is 0 Å². The number of esters is 1. The summed E-state index contributed by atoms with van der Waals surface area (Å²) in [7, 11) is 2.95. The summed E-state index contributed by atoms with van der Waals surface area (Å²) in [5.41, 5.74) is 2.94. The number of methoxy groups -OCH3 is 2. The van der Waals surface area contributed by atoms with Crippen molar-refractivity contribution in [3.05, 3.63) is 53.1 Å². The van der Waals surface area contributed by atoms with Gasteiger partial charge >= 0.3 is 5.97 Å². The van der Waals surface area contributed by atoms with Crippen LogP contribution in [0.25, 0.3) is 0 Å². The smallest absolute Gasteiger partial charge is 0.325 e. The van der Waals surface area contributed by atoms with E-state index in [9.17, 15) is 14.4 Å². The molecule has 0 aliphatic heterocycles. The molecular weight excluding hydrogens is 376 g/mol. The van der Waals surface area contributed by atoms with E-state index in [-0.39, 0.29) is 6.54 Å². The molecule has 0 heterocycles. The number of amides is 2. The molecule has 2 aromatic carbocycles. The van der Waals surface area contributed by atoms with Gasteiger partial charge in [0.2, 0.25) is 0 Å². The molecule has 0 aromatic heterocycles. The second-order valence-electron chi connectivity index (χ2n) is 6.28. The van der Waals surface area contributed by atoms with Crippen LogP contribution in [0.4, 0.5) is 5.69 Å². The van der Waals surface area contributed by atoms with Crippen molar-refractivity contribution in [2.24, 2.45) is 0 Å². The molecule has 2 rings (SSSR count). The minimum Gasteiger partial charge on any atom is -0.493 e. The fourth-order valence-corrected chi connectivity index (χ4v) is 2.57. The van der Waals surface area contributed by atoms with Crippen molar-refractivity contribution < 1.29 is 28.6 Å². The Morgan fingerprint density at radius 2 is 1.66 bits per heavy atom. The maximum atomic E-state index is 12.2. The predicted octanol–water partition coefficient (Wildman–Crippen LogP) is 2.23. The molecule has 154 valence electrons. The number of benzene rings is 2. The quantitative estimate of drug-likeness (QED) is 0.659. The maximum Gasteiger partial charge on any atom is 0.325 e. The average Bonchev–Trinajstić information content (AvgIpc) is 2.71. The topological polar surface area (TPSA) is 103 Å². The maximum absolute atomic E-state index is 12.2. The third kappa shape index (κ3) is 6.24. The van der Waals surface area contributed by atoms with Gasteiger partial charge in [-0.05, 0) is 43.7 Å². The lowest BCUT2D eigenvalue weighted by atomic mass is 10.1. The van der Waals surface area contributed by atoms with Crippen molar-refractivity contribution >= 4 is 23.5 Å². The summed E-state index contributed by atoms with van der Waals surface area (Å²) in [5.74, 6) is -0.794. The Morgan fingerprint density at radius 1 is 0.931 bits per heavy atom. The lowest BCUT2D eigenvalue weighted by Gasteiger charge is -2.11. The summed E-state index contributed by atoms with van der Waals surface area (Å²) in [6.45, 7) is 3.01. The van der Waals surface area contributed by atoms with Gasteiger partial charge in [0.25, 0.3) is 11.8 Å². The highest BCUT2D eigenvalue weighted by atomic mass is 16.5. The highest BCUT2D eigenvalue weighted by Crippen LogP contribution is 2.27. The van der Waals surface area contributed by atoms with Gasteiger partial charge in [-0.15, -0.1) is 0 Å². The van der Waals surface area contributed by atoms with Crippen LogP contribution in [0.5, 0.6) is 11.5 Å². The van der Waals surface area contributed by atoms with E-state index in [1.54, 1.807) is 18.2 Å². The zero-order chi connectivity index (χ0) is 21.4. The van der Waals surface area contributed by atoms with Crippen molar-refractivity contribution in [1.82, 2.24) is 5.32 Å². The SMILES string of the molecule is COc1ccc(C(=O)NCC(=O)OCC(=O)Nc2ccc(C)cc2C)cc1OC. The van der Waals surface area contributed by atoms with Gasteiger partial charge in [0.15, 0.2) is 18.1 Å². The van der Waals surface area contributed by atoms with Crippen LogP contribution in [0.15, 0.2) is 36.4 Å². The molecule has 0 saturated carbocycles. The van der Waals surface area contributed by atoms with E-state index in [1.165, 1.54) is 20.3 Å². The van der Waals surface area contributed by atoms with Crippen LogP contribution < -0.4 is 20.1 Å². The van der Waals surface area contributed by atoms with Gasteiger partial charge in [-0.3, -0.25) is 14.4 Å². The molecular formula is C21H24N2O6. The first-order chi connectivity index (χ1) is 13.8. The van der Waals surface area contributed by atoms with Crippen molar-refractivity contribution in [3.63, 3.8) is 0 Å². The zero-order valence-electron chi connectivity index (χ0n) is 16.8. The number of hydrogen-bond donors (Lipinski definition) is 2. The molecule has 0 fully saturated rings. The number of ether oxygens (including phenoxy) is 3. The van der Waals surface area contributed by atoms with Gasteiger partial charge in [0, 0.05) is 11.3 Å². The van der Waals surface area contributed by atoms with Gasteiger partial charge in [0.05, 0.1) is 14.2 Å². The first-order valence-corrected chi connectivity index (χ1v) is 8.87. The lowest BCUT2D eigenvalue weighted by molar-refractivity contribution is -0.146. The summed E-state index contributed by atoms with van der Waals surface area (Å²) in [6, 6.07) is 10.2. The zero-order valence-corrected chi connectivity index (χ0v) is 16.8. The Bertz CT molecular complexity index is 910. The number of carbonyl (C=O) groups is 3. The third-order valence-corrected chi connectivity index (χ3v) is 4.06. The molecule has 8 heteroatoms. The average molecular weight is 400 g/mol. The monoisotopic (exact) mass is 400 g/mol. The van der Waals surface area contributed by atoms with E-state index in [0.29, 0.717) is 22.7 Å². The predicted molar refractivity (Wildman–Crippen MR) is 107 cm³/mol. The van der Waals surface area contributed by atoms with Crippen LogP contribution in [0.3, 0.4) is 0 Å².